The van der Waals surface area contributed by atoms with Gasteiger partial charge in [0.05, 0.1) is 10.9 Å². The van der Waals surface area contributed by atoms with E-state index < -0.39 is 62.0 Å². The third-order valence-corrected chi connectivity index (χ3v) is 13.3. The van der Waals surface area contributed by atoms with Gasteiger partial charge in [-0.15, -0.1) is 0 Å². The van der Waals surface area contributed by atoms with Crippen molar-refractivity contribution in [2.24, 2.45) is 10.8 Å². The SMILES string of the molecule is Cc1ccc(S(=O)(=O)C23CCN(C(=O)C45CCC(C)(CC4)CC5)C2COc2cc(C(F)(C(F)(F)F)C(F)(F)F)ccc23)cc1.O=CO. The normalized spacial score (nSPS) is 28.8. The number of halogens is 7. The van der Waals surface area contributed by atoms with E-state index in [4.69, 9.17) is 14.6 Å². The Morgan fingerprint density at radius 3 is 1.96 bits per heavy atom. The Balaban J connectivity index is 0.00000139. The van der Waals surface area contributed by atoms with Crippen molar-refractivity contribution in [3.63, 3.8) is 0 Å². The highest BCUT2D eigenvalue weighted by Crippen LogP contribution is 2.60. The summed E-state index contributed by atoms with van der Waals surface area (Å²) in [6.07, 6.45) is -8.35. The summed E-state index contributed by atoms with van der Waals surface area (Å²) in [5.41, 5.74) is -7.43. The molecule has 5 aliphatic rings. The van der Waals surface area contributed by atoms with Crippen LogP contribution in [0.3, 0.4) is 0 Å². The summed E-state index contributed by atoms with van der Waals surface area (Å²) in [5.74, 6) is -0.797. The minimum atomic E-state index is -6.35. The number of carbonyl (C=O) groups excluding carboxylic acids is 1. The van der Waals surface area contributed by atoms with Gasteiger partial charge in [0.1, 0.15) is 17.1 Å². The fourth-order valence-corrected chi connectivity index (χ4v) is 10.2. The molecule has 2 aromatic carbocycles. The first-order valence-corrected chi connectivity index (χ1v) is 16.5. The van der Waals surface area contributed by atoms with Crippen LogP contribution in [0.1, 0.15) is 68.6 Å². The zero-order chi connectivity index (χ0) is 34.8. The second-order valence-corrected chi connectivity index (χ2v) is 15.5. The number of rotatable bonds is 4. The van der Waals surface area contributed by atoms with Crippen LogP contribution >= 0.6 is 0 Å². The van der Waals surface area contributed by atoms with Crippen LogP contribution in [-0.4, -0.2) is 62.3 Å². The van der Waals surface area contributed by atoms with Gasteiger partial charge < -0.3 is 14.7 Å². The molecule has 2 bridgehead atoms. The number of carboxylic acid groups (broad SMARTS) is 1. The highest BCUT2D eigenvalue weighted by molar-refractivity contribution is 7.92. The number of amides is 1. The van der Waals surface area contributed by atoms with E-state index >= 15 is 4.39 Å². The van der Waals surface area contributed by atoms with E-state index in [1.165, 1.54) is 17.0 Å². The summed E-state index contributed by atoms with van der Waals surface area (Å²) in [6.45, 7) is 3.19. The molecule has 47 heavy (non-hydrogen) atoms. The quantitative estimate of drug-likeness (QED) is 0.273. The number of hydrogen-bond acceptors (Lipinski definition) is 5. The molecule has 0 aromatic heterocycles. The van der Waals surface area contributed by atoms with Crippen LogP contribution in [0.25, 0.3) is 0 Å². The van der Waals surface area contributed by atoms with Crippen molar-refractivity contribution in [1.29, 1.82) is 0 Å². The number of hydrogen-bond donors (Lipinski definition) is 1. The minimum absolute atomic E-state index is 0.00366. The van der Waals surface area contributed by atoms with Crippen LogP contribution in [0.4, 0.5) is 30.7 Å². The molecular weight excluding hydrogens is 659 g/mol. The van der Waals surface area contributed by atoms with Crippen LogP contribution in [0.5, 0.6) is 5.75 Å². The second-order valence-electron chi connectivity index (χ2n) is 13.3. The summed E-state index contributed by atoms with van der Waals surface area (Å²) >= 11 is 0. The lowest BCUT2D eigenvalue weighted by atomic mass is 9.54. The van der Waals surface area contributed by atoms with Gasteiger partial charge in [-0.05, 0) is 75.5 Å². The maximum Gasteiger partial charge on any atom is 0.435 e. The fourth-order valence-electron chi connectivity index (χ4n) is 7.89. The molecule has 2 aliphatic heterocycles. The molecule has 7 nitrogen and oxygen atoms in total. The minimum Gasteiger partial charge on any atom is -0.491 e. The molecule has 2 atom stereocenters. The highest BCUT2D eigenvalue weighted by Gasteiger charge is 2.74. The molecule has 1 saturated heterocycles. The average Bonchev–Trinajstić information content (AvgIpc) is 3.42. The van der Waals surface area contributed by atoms with Gasteiger partial charge in [0.25, 0.3) is 6.47 Å². The van der Waals surface area contributed by atoms with E-state index in [0.29, 0.717) is 31.4 Å². The molecule has 3 saturated carbocycles. The maximum absolute atomic E-state index is 15.0. The zero-order valence-electron chi connectivity index (χ0n) is 25.5. The van der Waals surface area contributed by atoms with Gasteiger partial charge in [-0.3, -0.25) is 9.59 Å². The lowest BCUT2D eigenvalue weighted by Crippen LogP contribution is -2.58. The molecule has 1 N–H and O–H groups in total. The smallest absolute Gasteiger partial charge is 0.435 e. The van der Waals surface area contributed by atoms with E-state index in [9.17, 15) is 39.6 Å². The van der Waals surface area contributed by atoms with Crippen LogP contribution in [-0.2, 0) is 29.8 Å². The summed E-state index contributed by atoms with van der Waals surface area (Å²) in [5, 5.41) is 6.89. The molecule has 0 radical (unpaired) electrons. The molecule has 0 spiro atoms. The number of likely N-dealkylation sites (tertiary alicyclic amines) is 1. The van der Waals surface area contributed by atoms with Gasteiger partial charge in [-0.25, -0.2) is 12.8 Å². The average molecular weight is 694 g/mol. The van der Waals surface area contributed by atoms with Crippen molar-refractivity contribution < 1.29 is 58.6 Å². The topological polar surface area (TPSA) is 101 Å². The molecule has 1 amide bonds. The Bertz CT molecular complexity index is 1620. The standard InChI is InChI=1S/C31H32F7NO4S.CH2O2/c1-19-3-6-21(7-4-19)44(41,42)28-15-16-39(25(40)27-12-9-26(2,10-13-27)11-14-27)24(28)18-43-23-17-20(5-8-22(23)28)29(32,30(33,34)35)31(36,37)38;2-1-3/h3-8,17,24H,9-16,18H2,1-2H3;1H,(H,2,3). The second kappa shape index (κ2) is 11.4. The number of carbonyl (C=O) groups is 2. The van der Waals surface area contributed by atoms with E-state index in [1.54, 1.807) is 19.1 Å². The predicted octanol–water partition coefficient (Wildman–Crippen LogP) is 7.01. The largest absolute Gasteiger partial charge is 0.491 e. The van der Waals surface area contributed by atoms with E-state index in [1.807, 2.05) is 0 Å². The van der Waals surface area contributed by atoms with Crippen molar-refractivity contribution in [3.8, 4) is 5.75 Å². The van der Waals surface area contributed by atoms with Crippen molar-refractivity contribution >= 4 is 22.2 Å². The summed E-state index contributed by atoms with van der Waals surface area (Å²) < 4.78 is 129. The number of nitrogens with zero attached hydrogens (tertiary/aromatic N) is 1. The van der Waals surface area contributed by atoms with Gasteiger partial charge in [0.15, 0.2) is 9.84 Å². The lowest BCUT2D eigenvalue weighted by molar-refractivity contribution is -0.348. The number of ether oxygens (including phenoxy) is 1. The van der Waals surface area contributed by atoms with Gasteiger partial charge >= 0.3 is 18.0 Å². The number of aryl methyl sites for hydroxylation is 1. The number of alkyl halides is 7. The highest BCUT2D eigenvalue weighted by atomic mass is 32.2. The summed E-state index contributed by atoms with van der Waals surface area (Å²) in [6, 6.07) is 6.21. The molecule has 258 valence electrons. The van der Waals surface area contributed by atoms with Gasteiger partial charge in [0, 0.05) is 23.1 Å². The Labute approximate surface area is 267 Å². The molecular formula is C32H34F7NO6S. The molecule has 2 unspecified atom stereocenters. The van der Waals surface area contributed by atoms with Crippen molar-refractivity contribution in [1.82, 2.24) is 4.90 Å². The Morgan fingerprint density at radius 2 is 1.45 bits per heavy atom. The van der Waals surface area contributed by atoms with E-state index in [2.05, 4.69) is 6.92 Å². The molecule has 15 heteroatoms. The van der Waals surface area contributed by atoms with Gasteiger partial charge in [-0.2, -0.15) is 26.3 Å². The van der Waals surface area contributed by atoms with E-state index in [-0.39, 0.29) is 41.2 Å². The van der Waals surface area contributed by atoms with Crippen molar-refractivity contribution in [3.05, 3.63) is 59.2 Å². The first-order valence-electron chi connectivity index (χ1n) is 15.0. The monoisotopic (exact) mass is 693 g/mol. The zero-order valence-corrected chi connectivity index (χ0v) is 26.4. The van der Waals surface area contributed by atoms with E-state index in [0.717, 1.165) is 30.9 Å². The first kappa shape index (κ1) is 35.0. The Hall–Kier alpha value is -3.36. The molecule has 4 fully saturated rings. The van der Waals surface area contributed by atoms with Crippen molar-refractivity contribution in [2.75, 3.05) is 13.2 Å². The van der Waals surface area contributed by atoms with Crippen molar-refractivity contribution in [2.45, 2.75) is 92.5 Å². The maximum atomic E-state index is 15.0. The Kier molecular flexibility index (Phi) is 8.46. The third kappa shape index (κ3) is 5.18. The Morgan fingerprint density at radius 1 is 0.915 bits per heavy atom. The number of benzene rings is 2. The van der Waals surface area contributed by atoms with Crippen LogP contribution in [0.2, 0.25) is 0 Å². The molecule has 2 aromatic rings. The molecule has 2 heterocycles. The predicted molar refractivity (Wildman–Crippen MR) is 154 cm³/mol. The van der Waals surface area contributed by atoms with Crippen LogP contribution in [0.15, 0.2) is 47.4 Å². The van der Waals surface area contributed by atoms with Gasteiger partial charge in [-0.1, -0.05) is 36.8 Å². The molecule has 3 aliphatic carbocycles. The number of fused-ring (bicyclic) bond motifs is 6. The third-order valence-electron chi connectivity index (χ3n) is 10.8. The summed E-state index contributed by atoms with van der Waals surface area (Å²) in [4.78, 5) is 24.0. The summed E-state index contributed by atoms with van der Waals surface area (Å²) in [7, 11) is -4.43. The van der Waals surface area contributed by atoms with Crippen LogP contribution < -0.4 is 4.74 Å². The lowest BCUT2D eigenvalue weighted by Gasteiger charge is -2.53. The van der Waals surface area contributed by atoms with Crippen LogP contribution in [0, 0.1) is 17.8 Å². The molecule has 7 rings (SSSR count). The number of sulfone groups is 1. The fraction of sp³-hybridized carbons (Fsp3) is 0.562. The first-order chi connectivity index (χ1) is 21.7. The van der Waals surface area contributed by atoms with Gasteiger partial charge in [0.2, 0.25) is 5.91 Å².